The first-order chi connectivity index (χ1) is 10.9. The van der Waals surface area contributed by atoms with Crippen molar-refractivity contribution in [1.29, 1.82) is 0 Å². The maximum Gasteiger partial charge on any atom is 0.256 e. The van der Waals surface area contributed by atoms with Gasteiger partial charge in [0.15, 0.2) is 0 Å². The molecule has 2 aromatic carbocycles. The number of carbonyl (C=O) groups excluding carboxylic acids is 1. The molecule has 0 fully saturated rings. The fraction of sp³-hybridized carbons (Fsp3) is 0.316. The van der Waals surface area contributed by atoms with E-state index in [1.54, 1.807) is 20.0 Å². The monoisotopic (exact) mass is 315 g/mol. The molecule has 0 radical (unpaired) electrons. The molecule has 1 unspecified atom stereocenters. The van der Waals surface area contributed by atoms with Gasteiger partial charge in [-0.1, -0.05) is 35.9 Å². The number of rotatable bonds is 5. The number of benzene rings is 2. The molecule has 1 amide bonds. The average molecular weight is 315 g/mol. The van der Waals surface area contributed by atoms with Crippen LogP contribution in [0.4, 0.5) is 4.39 Å². The Labute approximate surface area is 136 Å². The van der Waals surface area contributed by atoms with E-state index < -0.39 is 11.9 Å². The van der Waals surface area contributed by atoms with Crippen molar-refractivity contribution in [1.82, 2.24) is 4.90 Å². The molecule has 0 heterocycles. The number of hydrogen-bond acceptors (Lipinski definition) is 2. The molecule has 0 aromatic heterocycles. The van der Waals surface area contributed by atoms with Crippen LogP contribution in [-0.4, -0.2) is 35.6 Å². The van der Waals surface area contributed by atoms with Crippen LogP contribution in [0.1, 0.15) is 29.3 Å². The molecule has 1 N–H and O–H groups in total. The van der Waals surface area contributed by atoms with Gasteiger partial charge >= 0.3 is 0 Å². The van der Waals surface area contributed by atoms with Crippen LogP contribution < -0.4 is 0 Å². The van der Waals surface area contributed by atoms with Crippen molar-refractivity contribution >= 4 is 5.91 Å². The zero-order valence-electron chi connectivity index (χ0n) is 13.7. The van der Waals surface area contributed by atoms with E-state index in [2.05, 4.69) is 0 Å². The van der Waals surface area contributed by atoms with E-state index in [4.69, 9.17) is 0 Å². The standard InChI is InChI=1S/C19H22FNO2/c1-13-4-6-15(7-5-13)16-8-9-17(18(20)12-16)19(23)21(3)11-10-14(2)22/h4-9,12,14,22H,10-11H2,1-3H3. The number of aliphatic hydroxyl groups is 1. The zero-order valence-corrected chi connectivity index (χ0v) is 13.7. The van der Waals surface area contributed by atoms with Crippen molar-refractivity contribution < 1.29 is 14.3 Å². The number of amides is 1. The Kier molecular flexibility index (Phi) is 5.50. The summed E-state index contributed by atoms with van der Waals surface area (Å²) in [5, 5.41) is 9.28. The quantitative estimate of drug-likeness (QED) is 0.915. The molecule has 0 aliphatic heterocycles. The molecule has 0 saturated carbocycles. The van der Waals surface area contributed by atoms with Gasteiger partial charge in [-0.3, -0.25) is 4.79 Å². The minimum atomic E-state index is -0.531. The Morgan fingerprint density at radius 3 is 2.35 bits per heavy atom. The van der Waals surface area contributed by atoms with Crippen LogP contribution in [0.5, 0.6) is 0 Å². The minimum Gasteiger partial charge on any atom is -0.393 e. The molecule has 0 saturated heterocycles. The molecule has 2 aromatic rings. The second-order valence-electron chi connectivity index (χ2n) is 5.93. The summed E-state index contributed by atoms with van der Waals surface area (Å²) in [6, 6.07) is 12.5. The molecule has 2 rings (SSSR count). The number of aryl methyl sites for hydroxylation is 1. The van der Waals surface area contributed by atoms with Crippen LogP contribution in [0, 0.1) is 12.7 Å². The lowest BCUT2D eigenvalue weighted by Gasteiger charge is -2.18. The van der Waals surface area contributed by atoms with E-state index in [0.29, 0.717) is 13.0 Å². The summed E-state index contributed by atoms with van der Waals surface area (Å²) in [5.41, 5.74) is 2.84. The lowest BCUT2D eigenvalue weighted by Crippen LogP contribution is -2.30. The maximum atomic E-state index is 14.3. The highest BCUT2D eigenvalue weighted by Gasteiger charge is 2.17. The fourth-order valence-electron chi connectivity index (χ4n) is 2.30. The number of aliphatic hydroxyl groups excluding tert-OH is 1. The smallest absolute Gasteiger partial charge is 0.256 e. The first-order valence-electron chi connectivity index (χ1n) is 7.68. The number of nitrogens with zero attached hydrogens (tertiary/aromatic N) is 1. The summed E-state index contributed by atoms with van der Waals surface area (Å²) in [4.78, 5) is 13.7. The molecule has 1 atom stereocenters. The normalized spacial score (nSPS) is 12.0. The Morgan fingerprint density at radius 1 is 1.17 bits per heavy atom. The summed E-state index contributed by atoms with van der Waals surface area (Å²) < 4.78 is 14.3. The zero-order chi connectivity index (χ0) is 17.0. The van der Waals surface area contributed by atoms with Crippen LogP contribution in [-0.2, 0) is 0 Å². The maximum absolute atomic E-state index is 14.3. The molecule has 0 bridgehead atoms. The lowest BCUT2D eigenvalue weighted by atomic mass is 10.0. The molecular weight excluding hydrogens is 293 g/mol. The van der Waals surface area contributed by atoms with Crippen LogP contribution in [0.2, 0.25) is 0 Å². The van der Waals surface area contributed by atoms with Gasteiger partial charge in [0.2, 0.25) is 0 Å². The Bertz CT molecular complexity index is 680. The highest BCUT2D eigenvalue weighted by Crippen LogP contribution is 2.23. The first-order valence-corrected chi connectivity index (χ1v) is 7.68. The number of halogens is 1. The number of hydrogen-bond donors (Lipinski definition) is 1. The molecule has 0 aliphatic rings. The molecule has 122 valence electrons. The summed E-state index contributed by atoms with van der Waals surface area (Å²) >= 11 is 0. The van der Waals surface area contributed by atoms with Crippen LogP contribution >= 0.6 is 0 Å². The third-order valence-corrected chi connectivity index (χ3v) is 3.81. The van der Waals surface area contributed by atoms with E-state index in [1.807, 2.05) is 31.2 Å². The average Bonchev–Trinajstić information content (AvgIpc) is 2.52. The summed E-state index contributed by atoms with van der Waals surface area (Å²) in [7, 11) is 1.61. The highest BCUT2D eigenvalue weighted by molar-refractivity contribution is 5.94. The summed E-state index contributed by atoms with van der Waals surface area (Å²) in [6.07, 6.45) is -0.0234. The minimum absolute atomic E-state index is 0.0500. The van der Waals surface area contributed by atoms with E-state index in [9.17, 15) is 14.3 Å². The number of carbonyl (C=O) groups is 1. The molecule has 23 heavy (non-hydrogen) atoms. The second kappa shape index (κ2) is 7.38. The van der Waals surface area contributed by atoms with Gasteiger partial charge < -0.3 is 10.0 Å². The van der Waals surface area contributed by atoms with Crippen molar-refractivity contribution in [2.75, 3.05) is 13.6 Å². The third kappa shape index (κ3) is 4.39. The van der Waals surface area contributed by atoms with E-state index in [-0.39, 0.29) is 11.5 Å². The van der Waals surface area contributed by atoms with Crippen molar-refractivity contribution in [3.05, 3.63) is 59.4 Å². The van der Waals surface area contributed by atoms with Gasteiger partial charge in [-0.2, -0.15) is 0 Å². The summed E-state index contributed by atoms with van der Waals surface area (Å²) in [6.45, 7) is 4.04. The Hall–Kier alpha value is -2.20. The van der Waals surface area contributed by atoms with Crippen LogP contribution in [0.25, 0.3) is 11.1 Å². The van der Waals surface area contributed by atoms with Gasteiger partial charge in [-0.05, 0) is 43.5 Å². The van der Waals surface area contributed by atoms with Crippen LogP contribution in [0.15, 0.2) is 42.5 Å². The molecule has 3 nitrogen and oxygen atoms in total. The van der Waals surface area contributed by atoms with E-state index in [1.165, 1.54) is 17.0 Å². The fourth-order valence-corrected chi connectivity index (χ4v) is 2.30. The second-order valence-corrected chi connectivity index (χ2v) is 5.93. The third-order valence-electron chi connectivity index (χ3n) is 3.81. The van der Waals surface area contributed by atoms with Gasteiger partial charge in [-0.25, -0.2) is 4.39 Å². The highest BCUT2D eigenvalue weighted by atomic mass is 19.1. The van der Waals surface area contributed by atoms with Gasteiger partial charge in [-0.15, -0.1) is 0 Å². The van der Waals surface area contributed by atoms with Crippen molar-refractivity contribution in [2.24, 2.45) is 0 Å². The molecule has 0 spiro atoms. The predicted octanol–water partition coefficient (Wildman–Crippen LogP) is 3.64. The Morgan fingerprint density at radius 2 is 1.78 bits per heavy atom. The van der Waals surface area contributed by atoms with Crippen molar-refractivity contribution in [3.63, 3.8) is 0 Å². The van der Waals surface area contributed by atoms with E-state index >= 15 is 0 Å². The largest absolute Gasteiger partial charge is 0.393 e. The topological polar surface area (TPSA) is 40.5 Å². The first kappa shape index (κ1) is 17.2. The Balaban J connectivity index is 2.18. The van der Waals surface area contributed by atoms with Gasteiger partial charge in [0.05, 0.1) is 11.7 Å². The van der Waals surface area contributed by atoms with E-state index in [0.717, 1.165) is 16.7 Å². The van der Waals surface area contributed by atoms with Gasteiger partial charge in [0.1, 0.15) is 5.82 Å². The van der Waals surface area contributed by atoms with Crippen molar-refractivity contribution in [3.8, 4) is 11.1 Å². The van der Waals surface area contributed by atoms with Gasteiger partial charge in [0.25, 0.3) is 5.91 Å². The SMILES string of the molecule is Cc1ccc(-c2ccc(C(=O)N(C)CCC(C)O)c(F)c2)cc1. The van der Waals surface area contributed by atoms with Gasteiger partial charge in [0, 0.05) is 13.6 Å². The van der Waals surface area contributed by atoms with Crippen molar-refractivity contribution in [2.45, 2.75) is 26.4 Å². The molecule has 0 aliphatic carbocycles. The summed E-state index contributed by atoms with van der Waals surface area (Å²) in [5.74, 6) is -0.907. The molecular formula is C19H22FNO2. The molecule has 4 heteroatoms. The van der Waals surface area contributed by atoms with Crippen LogP contribution in [0.3, 0.4) is 0 Å². The lowest BCUT2D eigenvalue weighted by molar-refractivity contribution is 0.0764. The predicted molar refractivity (Wildman–Crippen MR) is 89.8 cm³/mol.